The molecule has 0 aliphatic heterocycles. The quantitative estimate of drug-likeness (QED) is 0.853. The van der Waals surface area contributed by atoms with E-state index in [1.807, 2.05) is 18.2 Å². The number of amides is 2. The number of imide groups is 1. The fourth-order valence-corrected chi connectivity index (χ4v) is 1.78. The Morgan fingerprint density at radius 3 is 2.09 bits per heavy atom. The molecule has 0 aromatic heterocycles. The number of hydrogen-bond donors (Lipinski definition) is 1. The first kappa shape index (κ1) is 15.4. The molecule has 22 heavy (non-hydrogen) atoms. The van der Waals surface area contributed by atoms with Gasteiger partial charge in [-0.1, -0.05) is 48.5 Å². The lowest BCUT2D eigenvalue weighted by Gasteiger charge is -2.06. The lowest BCUT2D eigenvalue weighted by atomic mass is 10.2. The van der Waals surface area contributed by atoms with Crippen LogP contribution in [0.4, 0.5) is 0 Å². The normalized spacial score (nSPS) is 9.82. The smallest absolute Gasteiger partial charge is 0.310 e. The summed E-state index contributed by atoms with van der Waals surface area (Å²) in [5.74, 6) is -1.70. The monoisotopic (exact) mass is 297 g/mol. The summed E-state index contributed by atoms with van der Waals surface area (Å²) in [6.45, 7) is -0.482. The zero-order valence-electron chi connectivity index (χ0n) is 11.8. The van der Waals surface area contributed by atoms with Gasteiger partial charge < -0.3 is 4.74 Å². The van der Waals surface area contributed by atoms with E-state index in [2.05, 4.69) is 5.32 Å². The Bertz CT molecular complexity index is 653. The van der Waals surface area contributed by atoms with E-state index in [-0.39, 0.29) is 6.42 Å². The number of benzene rings is 2. The van der Waals surface area contributed by atoms with Gasteiger partial charge in [-0.25, -0.2) is 0 Å². The van der Waals surface area contributed by atoms with Crippen LogP contribution in [0.15, 0.2) is 60.7 Å². The molecule has 2 amide bonds. The van der Waals surface area contributed by atoms with Crippen LogP contribution in [0.25, 0.3) is 0 Å². The van der Waals surface area contributed by atoms with Crippen LogP contribution in [-0.2, 0) is 20.7 Å². The van der Waals surface area contributed by atoms with Crippen molar-refractivity contribution >= 4 is 17.8 Å². The molecule has 2 aromatic rings. The first-order valence-electron chi connectivity index (χ1n) is 6.74. The van der Waals surface area contributed by atoms with Crippen molar-refractivity contribution in [1.29, 1.82) is 0 Å². The predicted molar refractivity (Wildman–Crippen MR) is 80.0 cm³/mol. The topological polar surface area (TPSA) is 72.5 Å². The average molecular weight is 297 g/mol. The minimum Gasteiger partial charge on any atom is -0.455 e. The summed E-state index contributed by atoms with van der Waals surface area (Å²) < 4.78 is 4.84. The van der Waals surface area contributed by atoms with Crippen LogP contribution in [0.5, 0.6) is 0 Å². The van der Waals surface area contributed by atoms with Crippen LogP contribution in [0.1, 0.15) is 15.9 Å². The maximum atomic E-state index is 11.7. The Kier molecular flexibility index (Phi) is 5.43. The van der Waals surface area contributed by atoms with Gasteiger partial charge in [0.25, 0.3) is 11.8 Å². The number of carbonyl (C=O) groups is 3. The molecular weight excluding hydrogens is 282 g/mol. The van der Waals surface area contributed by atoms with Crippen molar-refractivity contribution < 1.29 is 19.1 Å². The molecule has 0 saturated carbocycles. The number of hydrogen-bond acceptors (Lipinski definition) is 4. The lowest BCUT2D eigenvalue weighted by molar-refractivity contribution is -0.147. The van der Waals surface area contributed by atoms with E-state index in [0.717, 1.165) is 5.56 Å². The third-order valence-corrected chi connectivity index (χ3v) is 2.84. The summed E-state index contributed by atoms with van der Waals surface area (Å²) in [5, 5.41) is 2.16. The second-order valence-corrected chi connectivity index (χ2v) is 4.57. The SMILES string of the molecule is O=C(COC(=O)Cc1ccccc1)NC(=O)c1ccccc1. The molecule has 1 N–H and O–H groups in total. The maximum Gasteiger partial charge on any atom is 0.310 e. The largest absolute Gasteiger partial charge is 0.455 e. The Balaban J connectivity index is 1.76. The van der Waals surface area contributed by atoms with Gasteiger partial charge in [0.15, 0.2) is 6.61 Å². The number of carbonyl (C=O) groups excluding carboxylic acids is 3. The molecule has 0 radical (unpaired) electrons. The average Bonchev–Trinajstić information content (AvgIpc) is 2.55. The number of rotatable bonds is 5. The summed E-state index contributed by atoms with van der Waals surface area (Å²) in [6.07, 6.45) is 0.0841. The molecule has 0 aliphatic carbocycles. The second kappa shape index (κ2) is 7.73. The van der Waals surface area contributed by atoms with Crippen LogP contribution in [0, 0.1) is 0 Å². The molecule has 0 spiro atoms. The summed E-state index contributed by atoms with van der Waals surface area (Å²) in [4.78, 5) is 34.9. The minimum atomic E-state index is -0.657. The fraction of sp³-hybridized carbons (Fsp3) is 0.118. The minimum absolute atomic E-state index is 0.0841. The van der Waals surface area contributed by atoms with Crippen molar-refractivity contribution in [1.82, 2.24) is 5.32 Å². The Morgan fingerprint density at radius 1 is 0.864 bits per heavy atom. The zero-order valence-corrected chi connectivity index (χ0v) is 11.8. The van der Waals surface area contributed by atoms with Gasteiger partial charge in [-0.2, -0.15) is 0 Å². The van der Waals surface area contributed by atoms with Gasteiger partial charge in [0.1, 0.15) is 0 Å². The Morgan fingerprint density at radius 2 is 1.45 bits per heavy atom. The van der Waals surface area contributed by atoms with Crippen LogP contribution in [0.2, 0.25) is 0 Å². The van der Waals surface area contributed by atoms with E-state index < -0.39 is 24.4 Å². The molecule has 0 unspecified atom stereocenters. The van der Waals surface area contributed by atoms with Crippen molar-refractivity contribution in [3.8, 4) is 0 Å². The van der Waals surface area contributed by atoms with Gasteiger partial charge >= 0.3 is 5.97 Å². The van der Waals surface area contributed by atoms with Crippen molar-refractivity contribution in [3.05, 3.63) is 71.8 Å². The summed E-state index contributed by atoms with van der Waals surface area (Å²) >= 11 is 0. The molecule has 5 heteroatoms. The van der Waals surface area contributed by atoms with Gasteiger partial charge in [-0.05, 0) is 17.7 Å². The second-order valence-electron chi connectivity index (χ2n) is 4.57. The van der Waals surface area contributed by atoms with Crippen LogP contribution < -0.4 is 5.32 Å². The molecule has 0 bridgehead atoms. The molecule has 0 saturated heterocycles. The third-order valence-electron chi connectivity index (χ3n) is 2.84. The molecule has 5 nitrogen and oxygen atoms in total. The highest BCUT2D eigenvalue weighted by Crippen LogP contribution is 2.01. The van der Waals surface area contributed by atoms with Crippen molar-refractivity contribution in [2.45, 2.75) is 6.42 Å². The van der Waals surface area contributed by atoms with Gasteiger partial charge in [0, 0.05) is 5.56 Å². The number of esters is 1. The molecule has 2 aromatic carbocycles. The van der Waals surface area contributed by atoms with E-state index in [1.165, 1.54) is 0 Å². The zero-order chi connectivity index (χ0) is 15.8. The van der Waals surface area contributed by atoms with Gasteiger partial charge in [0.05, 0.1) is 6.42 Å². The van der Waals surface area contributed by atoms with E-state index in [9.17, 15) is 14.4 Å². The molecule has 0 aliphatic rings. The molecule has 0 atom stereocenters. The summed E-state index contributed by atoms with van der Waals surface area (Å²) in [7, 11) is 0. The molecule has 0 fully saturated rings. The van der Waals surface area contributed by atoms with Gasteiger partial charge in [0.2, 0.25) is 0 Å². The van der Waals surface area contributed by atoms with Crippen molar-refractivity contribution in [2.24, 2.45) is 0 Å². The highest BCUT2D eigenvalue weighted by Gasteiger charge is 2.12. The van der Waals surface area contributed by atoms with Crippen molar-refractivity contribution in [2.75, 3.05) is 6.61 Å². The van der Waals surface area contributed by atoms with Crippen LogP contribution in [0.3, 0.4) is 0 Å². The van der Waals surface area contributed by atoms with Gasteiger partial charge in [-0.15, -0.1) is 0 Å². The van der Waals surface area contributed by atoms with Crippen molar-refractivity contribution in [3.63, 3.8) is 0 Å². The van der Waals surface area contributed by atoms with E-state index in [1.54, 1.807) is 42.5 Å². The molecule has 0 heterocycles. The lowest BCUT2D eigenvalue weighted by Crippen LogP contribution is -2.34. The van der Waals surface area contributed by atoms with E-state index >= 15 is 0 Å². The summed E-state index contributed by atoms with van der Waals surface area (Å²) in [6, 6.07) is 17.4. The number of ether oxygens (including phenoxy) is 1. The standard InChI is InChI=1S/C17H15NO4/c19-15(18-17(21)14-9-5-2-6-10-14)12-22-16(20)11-13-7-3-1-4-8-13/h1-10H,11-12H2,(H,18,19,21). The highest BCUT2D eigenvalue weighted by atomic mass is 16.5. The van der Waals surface area contributed by atoms with Crippen LogP contribution >= 0.6 is 0 Å². The predicted octanol–water partition coefficient (Wildman–Crippen LogP) is 1.73. The van der Waals surface area contributed by atoms with Gasteiger partial charge in [-0.3, -0.25) is 19.7 Å². The number of nitrogens with one attached hydrogen (secondary N) is 1. The van der Waals surface area contributed by atoms with E-state index in [4.69, 9.17) is 4.74 Å². The molecule has 2 rings (SSSR count). The molecular formula is C17H15NO4. The van der Waals surface area contributed by atoms with E-state index in [0.29, 0.717) is 5.56 Å². The van der Waals surface area contributed by atoms with Crippen LogP contribution in [-0.4, -0.2) is 24.4 Å². The molecule has 112 valence electrons. The first-order valence-corrected chi connectivity index (χ1v) is 6.74. The Hall–Kier alpha value is -2.95. The highest BCUT2D eigenvalue weighted by molar-refractivity contribution is 6.05. The summed E-state index contributed by atoms with van der Waals surface area (Å²) in [5.41, 5.74) is 1.17. The Labute approximate surface area is 127 Å². The third kappa shape index (κ3) is 4.86. The maximum absolute atomic E-state index is 11.7. The first-order chi connectivity index (χ1) is 10.6. The fourth-order valence-electron chi connectivity index (χ4n) is 1.78.